The fraction of sp³-hybridized carbons (Fsp3) is 0.826. The van der Waals surface area contributed by atoms with Crippen molar-refractivity contribution in [2.24, 2.45) is 23.7 Å². The normalized spacial score (nSPS) is 43.0. The van der Waals surface area contributed by atoms with E-state index in [1.54, 1.807) is 0 Å². The lowest BCUT2D eigenvalue weighted by Gasteiger charge is -2.53. The first kappa shape index (κ1) is 21.8. The maximum Gasteiger partial charge on any atom is 0.303 e. The van der Waals surface area contributed by atoms with Crippen LogP contribution >= 0.6 is 0 Å². The zero-order chi connectivity index (χ0) is 20.6. The van der Waals surface area contributed by atoms with Gasteiger partial charge in [-0.3, -0.25) is 9.69 Å². The lowest BCUT2D eigenvalue weighted by molar-refractivity contribution is -0.148. The van der Waals surface area contributed by atoms with E-state index >= 15 is 0 Å². The molecule has 0 aromatic heterocycles. The summed E-state index contributed by atoms with van der Waals surface area (Å²) in [7, 11) is 0. The molecule has 2 radical (unpaired) electrons. The average molecular weight is 392 g/mol. The topological polar surface area (TPSA) is 59.0 Å². The van der Waals surface area contributed by atoms with Crippen LogP contribution in [-0.2, 0) is 14.3 Å². The number of fused-ring (bicyclic) bond motifs is 1. The van der Waals surface area contributed by atoms with Crippen molar-refractivity contribution in [1.82, 2.24) is 4.90 Å². The van der Waals surface area contributed by atoms with Gasteiger partial charge in [-0.05, 0) is 56.9 Å². The molecule has 3 aliphatic rings. The first-order valence-corrected chi connectivity index (χ1v) is 10.8. The van der Waals surface area contributed by atoms with E-state index in [0.717, 1.165) is 38.0 Å². The Morgan fingerprint density at radius 2 is 2.00 bits per heavy atom. The summed E-state index contributed by atoms with van der Waals surface area (Å²) in [6.07, 6.45) is 7.49. The van der Waals surface area contributed by atoms with Crippen LogP contribution in [0.2, 0.25) is 0 Å². The predicted octanol–water partition coefficient (Wildman–Crippen LogP) is 3.10. The molecule has 1 heterocycles. The van der Waals surface area contributed by atoms with Crippen molar-refractivity contribution >= 4 is 5.97 Å². The van der Waals surface area contributed by atoms with Gasteiger partial charge in [0.05, 0.1) is 24.2 Å². The summed E-state index contributed by atoms with van der Waals surface area (Å²) >= 11 is 0. The molecule has 0 bridgehead atoms. The van der Waals surface area contributed by atoms with Gasteiger partial charge in [0.15, 0.2) is 0 Å². The second-order valence-corrected chi connectivity index (χ2v) is 9.49. The van der Waals surface area contributed by atoms with Crippen LogP contribution in [0, 0.1) is 30.1 Å². The molecule has 8 atom stereocenters. The average Bonchev–Trinajstić information content (AvgIpc) is 2.56. The second-order valence-electron chi connectivity index (χ2n) is 9.49. The molecular weight excluding hydrogens is 354 g/mol. The van der Waals surface area contributed by atoms with E-state index in [2.05, 4.69) is 45.1 Å². The van der Waals surface area contributed by atoms with Gasteiger partial charge in [-0.25, -0.2) is 0 Å². The van der Waals surface area contributed by atoms with Crippen molar-refractivity contribution in [3.63, 3.8) is 0 Å². The molecule has 0 amide bonds. The standard InChI is InChI=1S/C23H37NO4/c1-14-9-21-20(15(2)11-24-12-17(4)27-18(5)13-24)8-7-16(3)23(21,26)10-22(14)28-19(6)25/h9,15-18,20-22,26H,7-8,11-13H2,1-6H3/t15-,16-,17-,18+,20+,21-,22-,23-/m1/s1. The molecule has 3 rings (SSSR count). The van der Waals surface area contributed by atoms with Gasteiger partial charge in [-0.1, -0.05) is 19.9 Å². The van der Waals surface area contributed by atoms with Crippen molar-refractivity contribution in [2.75, 3.05) is 19.6 Å². The second kappa shape index (κ2) is 8.45. The summed E-state index contributed by atoms with van der Waals surface area (Å²) in [5.41, 5.74) is -0.0626. The zero-order valence-electron chi connectivity index (χ0n) is 18.3. The van der Waals surface area contributed by atoms with Crippen LogP contribution in [0.5, 0.6) is 0 Å². The van der Waals surface area contributed by atoms with Crippen LogP contribution in [0.1, 0.15) is 54.4 Å². The van der Waals surface area contributed by atoms with Crippen molar-refractivity contribution in [1.29, 1.82) is 0 Å². The SMILES string of the molecule is CC(=O)O[C@@H]1[C][C@@]2(O)[C@H](C)CC[C@@H]([C@H](C)CN3C[C@@H](C)O[C@@H](C)C3)[C@H]2C=C1C. The van der Waals surface area contributed by atoms with Crippen LogP contribution in [0.4, 0.5) is 0 Å². The molecule has 28 heavy (non-hydrogen) atoms. The van der Waals surface area contributed by atoms with Crippen LogP contribution in [0.15, 0.2) is 11.6 Å². The molecule has 0 aromatic carbocycles. The number of ether oxygens (including phenoxy) is 2. The number of rotatable bonds is 4. The lowest BCUT2D eigenvalue weighted by atomic mass is 9.57. The van der Waals surface area contributed by atoms with Crippen LogP contribution < -0.4 is 0 Å². The van der Waals surface area contributed by atoms with Gasteiger partial charge in [-0.2, -0.15) is 0 Å². The summed E-state index contributed by atoms with van der Waals surface area (Å²) in [5, 5.41) is 11.6. The van der Waals surface area contributed by atoms with E-state index in [1.165, 1.54) is 6.92 Å². The Balaban J connectivity index is 1.76. The van der Waals surface area contributed by atoms with Crippen molar-refractivity contribution in [3.05, 3.63) is 18.1 Å². The number of esters is 1. The molecule has 1 aliphatic heterocycles. The maximum absolute atomic E-state index is 11.6. The third kappa shape index (κ3) is 4.47. The smallest absolute Gasteiger partial charge is 0.303 e. The molecule has 1 saturated carbocycles. The van der Waals surface area contributed by atoms with Crippen molar-refractivity contribution in [3.8, 4) is 0 Å². The van der Waals surface area contributed by atoms with Crippen LogP contribution in [-0.4, -0.2) is 59.5 Å². The van der Waals surface area contributed by atoms with Crippen LogP contribution in [0.25, 0.3) is 0 Å². The molecule has 5 heteroatoms. The van der Waals surface area contributed by atoms with E-state index in [0.29, 0.717) is 11.8 Å². The van der Waals surface area contributed by atoms with Crippen LogP contribution in [0.3, 0.4) is 0 Å². The Morgan fingerprint density at radius 1 is 1.36 bits per heavy atom. The van der Waals surface area contributed by atoms with Gasteiger partial charge in [0.2, 0.25) is 0 Å². The van der Waals surface area contributed by atoms with E-state index in [1.807, 2.05) is 6.92 Å². The minimum Gasteiger partial charge on any atom is -0.457 e. The number of carbonyl (C=O) groups excluding carboxylic acids is 1. The molecule has 158 valence electrons. The van der Waals surface area contributed by atoms with Gasteiger partial charge in [-0.15, -0.1) is 0 Å². The highest BCUT2D eigenvalue weighted by atomic mass is 16.5. The Bertz CT molecular complexity index is 595. The first-order chi connectivity index (χ1) is 13.1. The molecule has 0 spiro atoms. The number of aliphatic hydroxyl groups is 1. The largest absolute Gasteiger partial charge is 0.457 e. The monoisotopic (exact) mass is 391 g/mol. The van der Waals surface area contributed by atoms with E-state index in [-0.39, 0.29) is 30.0 Å². The Hall–Kier alpha value is -0.910. The summed E-state index contributed by atoms with van der Waals surface area (Å²) in [5.74, 6) is 0.630. The predicted molar refractivity (Wildman–Crippen MR) is 108 cm³/mol. The van der Waals surface area contributed by atoms with Gasteiger partial charge in [0.1, 0.15) is 6.10 Å². The molecule has 0 aromatic rings. The highest BCUT2D eigenvalue weighted by Crippen LogP contribution is 2.50. The number of hydrogen-bond acceptors (Lipinski definition) is 5. The number of hydrogen-bond donors (Lipinski definition) is 1. The Morgan fingerprint density at radius 3 is 2.61 bits per heavy atom. The third-order valence-electron chi connectivity index (χ3n) is 6.93. The number of nitrogens with zero attached hydrogens (tertiary/aromatic N) is 1. The maximum atomic E-state index is 11.6. The fourth-order valence-corrected chi connectivity index (χ4v) is 5.58. The van der Waals surface area contributed by atoms with Gasteiger partial charge in [0.25, 0.3) is 0 Å². The highest BCUT2D eigenvalue weighted by molar-refractivity contribution is 5.66. The minimum absolute atomic E-state index is 0.0222. The Kier molecular flexibility index (Phi) is 6.58. The highest BCUT2D eigenvalue weighted by Gasteiger charge is 2.53. The molecular formula is C23H37NO4. The summed E-state index contributed by atoms with van der Waals surface area (Å²) < 4.78 is 11.3. The van der Waals surface area contributed by atoms with E-state index < -0.39 is 11.7 Å². The molecule has 1 saturated heterocycles. The lowest BCUT2D eigenvalue weighted by Crippen LogP contribution is -2.57. The molecule has 5 nitrogen and oxygen atoms in total. The quantitative estimate of drug-likeness (QED) is 0.589. The molecule has 1 N–H and O–H groups in total. The third-order valence-corrected chi connectivity index (χ3v) is 6.93. The first-order valence-electron chi connectivity index (χ1n) is 10.8. The van der Waals surface area contributed by atoms with Gasteiger partial charge >= 0.3 is 5.97 Å². The summed E-state index contributed by atoms with van der Waals surface area (Å²) in [6, 6.07) is 0. The zero-order valence-corrected chi connectivity index (χ0v) is 18.3. The molecule has 2 aliphatic carbocycles. The van der Waals surface area contributed by atoms with E-state index in [4.69, 9.17) is 9.47 Å². The van der Waals surface area contributed by atoms with Crippen molar-refractivity contribution < 1.29 is 19.4 Å². The van der Waals surface area contributed by atoms with Crippen molar-refractivity contribution in [2.45, 2.75) is 78.3 Å². The molecule has 0 unspecified atom stereocenters. The fourth-order valence-electron chi connectivity index (χ4n) is 5.58. The minimum atomic E-state index is -1.04. The number of carbonyl (C=O) groups is 1. The number of morpholine rings is 1. The van der Waals surface area contributed by atoms with Gasteiger partial charge in [0, 0.05) is 32.5 Å². The summed E-state index contributed by atoms with van der Waals surface area (Å²) in [6.45, 7) is 15.0. The van der Waals surface area contributed by atoms with Gasteiger partial charge < -0.3 is 14.6 Å². The molecule has 2 fully saturated rings. The van der Waals surface area contributed by atoms with E-state index in [9.17, 15) is 9.90 Å². The summed E-state index contributed by atoms with van der Waals surface area (Å²) in [4.78, 5) is 14.0. The Labute approximate surface area is 170 Å².